The van der Waals surface area contributed by atoms with Crippen molar-refractivity contribution in [1.82, 2.24) is 9.80 Å². The molecule has 0 saturated carbocycles. The van der Waals surface area contributed by atoms with Crippen molar-refractivity contribution in [3.8, 4) is 0 Å². The Morgan fingerprint density at radius 2 is 1.30 bits per heavy atom. The monoisotopic (exact) mass is 460 g/mol. The summed E-state index contributed by atoms with van der Waals surface area (Å²) in [6.07, 6.45) is 3.57. The smallest absolute Gasteiger partial charge is 0.246 e. The summed E-state index contributed by atoms with van der Waals surface area (Å²) < 4.78 is 1.04. The molecule has 1 aliphatic rings. The predicted octanol–water partition coefficient (Wildman–Crippen LogP) is 5.40. The highest BCUT2D eigenvalue weighted by atomic mass is 79.9. The van der Waals surface area contributed by atoms with Crippen LogP contribution in [0.25, 0.3) is 6.08 Å². The van der Waals surface area contributed by atoms with Crippen LogP contribution in [0, 0.1) is 0 Å². The van der Waals surface area contributed by atoms with Gasteiger partial charge in [0.15, 0.2) is 0 Å². The van der Waals surface area contributed by atoms with Crippen molar-refractivity contribution in [2.24, 2.45) is 0 Å². The van der Waals surface area contributed by atoms with Gasteiger partial charge >= 0.3 is 0 Å². The molecule has 3 aromatic rings. The van der Waals surface area contributed by atoms with Crippen LogP contribution in [0.3, 0.4) is 0 Å². The SMILES string of the molecule is O=C(/C=C/c1ccc(Br)cc1)N1CCN(C(c2ccccc2)c2ccccc2)CC1. The highest BCUT2D eigenvalue weighted by Gasteiger charge is 2.27. The number of rotatable bonds is 5. The third-order valence-corrected chi connectivity index (χ3v) is 6.04. The fourth-order valence-electron chi connectivity index (χ4n) is 3.93. The van der Waals surface area contributed by atoms with Crippen molar-refractivity contribution in [1.29, 1.82) is 0 Å². The molecule has 0 unspecified atom stereocenters. The number of piperazine rings is 1. The van der Waals surface area contributed by atoms with Crippen molar-refractivity contribution < 1.29 is 4.79 Å². The number of amides is 1. The van der Waals surface area contributed by atoms with Crippen LogP contribution < -0.4 is 0 Å². The lowest BCUT2D eigenvalue weighted by Gasteiger charge is -2.39. The molecule has 1 heterocycles. The minimum Gasteiger partial charge on any atom is -0.337 e. The second-order valence-electron chi connectivity index (χ2n) is 7.47. The maximum absolute atomic E-state index is 12.7. The Labute approximate surface area is 186 Å². The Balaban J connectivity index is 1.43. The molecule has 3 aromatic carbocycles. The van der Waals surface area contributed by atoms with Crippen LogP contribution in [0.1, 0.15) is 22.7 Å². The van der Waals surface area contributed by atoms with E-state index in [1.54, 1.807) is 6.08 Å². The first kappa shape index (κ1) is 20.6. The van der Waals surface area contributed by atoms with E-state index in [9.17, 15) is 4.79 Å². The van der Waals surface area contributed by atoms with Gasteiger partial charge in [0.25, 0.3) is 0 Å². The zero-order chi connectivity index (χ0) is 20.8. The first-order valence-corrected chi connectivity index (χ1v) is 11.1. The third kappa shape index (κ3) is 5.07. The maximum atomic E-state index is 12.7. The summed E-state index contributed by atoms with van der Waals surface area (Å²) in [7, 11) is 0. The normalized spacial score (nSPS) is 15.1. The Kier molecular flexibility index (Phi) is 6.77. The Morgan fingerprint density at radius 1 is 0.767 bits per heavy atom. The van der Waals surface area contributed by atoms with Crippen LogP contribution >= 0.6 is 15.9 Å². The predicted molar refractivity (Wildman–Crippen MR) is 126 cm³/mol. The van der Waals surface area contributed by atoms with Crippen LogP contribution in [-0.2, 0) is 4.79 Å². The summed E-state index contributed by atoms with van der Waals surface area (Å²) in [5, 5.41) is 0. The number of benzene rings is 3. The summed E-state index contributed by atoms with van der Waals surface area (Å²) in [6.45, 7) is 3.18. The maximum Gasteiger partial charge on any atom is 0.246 e. The van der Waals surface area contributed by atoms with Crippen molar-refractivity contribution in [2.45, 2.75) is 6.04 Å². The second kappa shape index (κ2) is 9.88. The molecule has 4 rings (SSSR count). The molecule has 152 valence electrons. The number of carbonyl (C=O) groups is 1. The molecule has 0 aliphatic carbocycles. The Morgan fingerprint density at radius 3 is 1.83 bits per heavy atom. The minimum atomic E-state index is 0.0774. The number of nitrogens with zero attached hydrogens (tertiary/aromatic N) is 2. The average molecular weight is 461 g/mol. The van der Waals surface area contributed by atoms with Gasteiger partial charge in [0, 0.05) is 36.7 Å². The van der Waals surface area contributed by atoms with E-state index in [0.29, 0.717) is 0 Å². The van der Waals surface area contributed by atoms with Gasteiger partial charge in [0.1, 0.15) is 0 Å². The highest BCUT2D eigenvalue weighted by molar-refractivity contribution is 9.10. The largest absolute Gasteiger partial charge is 0.337 e. The molecule has 0 atom stereocenters. The first-order valence-electron chi connectivity index (χ1n) is 10.3. The van der Waals surface area contributed by atoms with Gasteiger partial charge in [-0.3, -0.25) is 9.69 Å². The number of hydrogen-bond donors (Lipinski definition) is 0. The molecule has 0 bridgehead atoms. The molecule has 30 heavy (non-hydrogen) atoms. The number of carbonyl (C=O) groups excluding carboxylic acids is 1. The molecule has 3 nitrogen and oxygen atoms in total. The molecule has 0 radical (unpaired) electrons. The van der Waals surface area contributed by atoms with Crippen molar-refractivity contribution >= 4 is 27.9 Å². The van der Waals surface area contributed by atoms with Crippen LogP contribution in [-0.4, -0.2) is 41.9 Å². The van der Waals surface area contributed by atoms with E-state index in [1.165, 1.54) is 11.1 Å². The summed E-state index contributed by atoms with van der Waals surface area (Å²) >= 11 is 3.43. The molecule has 1 amide bonds. The molecule has 1 saturated heterocycles. The van der Waals surface area contributed by atoms with Gasteiger partial charge in [0.05, 0.1) is 6.04 Å². The molecule has 0 spiro atoms. The molecule has 0 N–H and O–H groups in total. The van der Waals surface area contributed by atoms with Crippen LogP contribution in [0.4, 0.5) is 0 Å². The topological polar surface area (TPSA) is 23.6 Å². The molecular formula is C26H25BrN2O. The molecule has 1 fully saturated rings. The van der Waals surface area contributed by atoms with E-state index in [-0.39, 0.29) is 11.9 Å². The molecular weight excluding hydrogens is 436 g/mol. The fourth-order valence-corrected chi connectivity index (χ4v) is 4.20. The van der Waals surface area contributed by atoms with Crippen LogP contribution in [0.15, 0.2) is 95.5 Å². The van der Waals surface area contributed by atoms with Gasteiger partial charge in [-0.15, -0.1) is 0 Å². The number of halogens is 1. The summed E-state index contributed by atoms with van der Waals surface area (Å²) in [6, 6.07) is 29.4. The summed E-state index contributed by atoms with van der Waals surface area (Å²) in [5.41, 5.74) is 3.61. The molecule has 4 heteroatoms. The minimum absolute atomic E-state index is 0.0774. The average Bonchev–Trinajstić information content (AvgIpc) is 2.81. The molecule has 1 aliphatic heterocycles. The van der Waals surface area contributed by atoms with Crippen LogP contribution in [0.5, 0.6) is 0 Å². The van der Waals surface area contributed by atoms with E-state index in [0.717, 1.165) is 36.2 Å². The first-order chi connectivity index (χ1) is 14.7. The van der Waals surface area contributed by atoms with Gasteiger partial charge in [-0.05, 0) is 34.9 Å². The van der Waals surface area contributed by atoms with Crippen molar-refractivity contribution in [2.75, 3.05) is 26.2 Å². The standard InChI is InChI=1S/C26H25BrN2O/c27-24-14-11-21(12-15-24)13-16-25(30)28-17-19-29(20-18-28)26(22-7-3-1-4-8-22)23-9-5-2-6-10-23/h1-16,26H,17-20H2/b16-13+. The van der Waals surface area contributed by atoms with Gasteiger partial charge in [-0.1, -0.05) is 88.7 Å². The van der Waals surface area contributed by atoms with E-state index < -0.39 is 0 Å². The van der Waals surface area contributed by atoms with Crippen molar-refractivity contribution in [3.63, 3.8) is 0 Å². The second-order valence-corrected chi connectivity index (χ2v) is 8.39. The quantitative estimate of drug-likeness (QED) is 0.476. The lowest BCUT2D eigenvalue weighted by atomic mass is 9.96. The lowest BCUT2D eigenvalue weighted by molar-refractivity contribution is -0.127. The zero-order valence-corrected chi connectivity index (χ0v) is 18.4. The van der Waals surface area contributed by atoms with E-state index in [1.807, 2.05) is 35.2 Å². The van der Waals surface area contributed by atoms with Gasteiger partial charge < -0.3 is 4.90 Å². The van der Waals surface area contributed by atoms with E-state index in [2.05, 4.69) is 81.5 Å². The summed E-state index contributed by atoms with van der Waals surface area (Å²) in [4.78, 5) is 17.1. The van der Waals surface area contributed by atoms with E-state index in [4.69, 9.17) is 0 Å². The molecule has 0 aromatic heterocycles. The highest BCUT2D eigenvalue weighted by Crippen LogP contribution is 2.29. The lowest BCUT2D eigenvalue weighted by Crippen LogP contribution is -2.49. The van der Waals surface area contributed by atoms with Crippen molar-refractivity contribution in [3.05, 3.63) is 112 Å². The van der Waals surface area contributed by atoms with Gasteiger partial charge in [-0.2, -0.15) is 0 Å². The number of hydrogen-bond acceptors (Lipinski definition) is 2. The van der Waals surface area contributed by atoms with Crippen LogP contribution in [0.2, 0.25) is 0 Å². The van der Waals surface area contributed by atoms with Gasteiger partial charge in [-0.25, -0.2) is 0 Å². The Hall–Kier alpha value is -2.69. The third-order valence-electron chi connectivity index (χ3n) is 5.51. The Bertz CT molecular complexity index is 939. The van der Waals surface area contributed by atoms with E-state index >= 15 is 0 Å². The fraction of sp³-hybridized carbons (Fsp3) is 0.192. The summed E-state index contributed by atoms with van der Waals surface area (Å²) in [5.74, 6) is 0.0774. The zero-order valence-electron chi connectivity index (χ0n) is 16.8. The van der Waals surface area contributed by atoms with Gasteiger partial charge in [0.2, 0.25) is 5.91 Å².